The highest BCUT2D eigenvalue weighted by Gasteiger charge is 2.24. The number of azo groups is 1. The average molecular weight is 216 g/mol. The molecule has 2 rings (SSSR count). The number of nitrogens with two attached hydrogens (primary N) is 1. The molecule has 0 radical (unpaired) electrons. The van der Waals surface area contributed by atoms with Gasteiger partial charge in [-0.3, -0.25) is 0 Å². The van der Waals surface area contributed by atoms with Gasteiger partial charge in [0.2, 0.25) is 5.72 Å². The van der Waals surface area contributed by atoms with Crippen molar-refractivity contribution in [1.29, 1.82) is 0 Å². The molecule has 1 aromatic rings. The molecule has 16 heavy (non-hydrogen) atoms. The third kappa shape index (κ3) is 2.52. The van der Waals surface area contributed by atoms with Crippen molar-refractivity contribution >= 4 is 5.82 Å². The molecule has 5 heteroatoms. The maximum atomic E-state index is 10.0. The molecular formula is C11H12N4O. The molecule has 1 unspecified atom stereocenters. The number of hydrogen-bond donors (Lipinski definition) is 2. The van der Waals surface area contributed by atoms with Gasteiger partial charge < -0.3 is 10.8 Å². The summed E-state index contributed by atoms with van der Waals surface area (Å²) in [5.41, 5.74) is 4.71. The Morgan fingerprint density at radius 3 is 3.00 bits per heavy atom. The molecule has 1 aliphatic rings. The molecule has 82 valence electrons. The van der Waals surface area contributed by atoms with Crippen molar-refractivity contribution in [2.24, 2.45) is 16.0 Å². The van der Waals surface area contributed by atoms with E-state index in [1.807, 2.05) is 0 Å². The first-order valence-electron chi connectivity index (χ1n) is 4.89. The predicted molar refractivity (Wildman–Crippen MR) is 59.7 cm³/mol. The van der Waals surface area contributed by atoms with Crippen LogP contribution in [-0.4, -0.2) is 15.8 Å². The summed E-state index contributed by atoms with van der Waals surface area (Å²) in [4.78, 5) is 3.97. The van der Waals surface area contributed by atoms with E-state index >= 15 is 0 Å². The van der Waals surface area contributed by atoms with Gasteiger partial charge >= 0.3 is 0 Å². The van der Waals surface area contributed by atoms with Gasteiger partial charge in [-0.2, -0.15) is 0 Å². The van der Waals surface area contributed by atoms with E-state index in [0.29, 0.717) is 17.9 Å². The van der Waals surface area contributed by atoms with Crippen LogP contribution < -0.4 is 5.73 Å². The van der Waals surface area contributed by atoms with Crippen LogP contribution in [0.25, 0.3) is 0 Å². The lowest BCUT2D eigenvalue weighted by Crippen LogP contribution is -2.25. The van der Waals surface area contributed by atoms with E-state index in [2.05, 4.69) is 15.2 Å². The minimum atomic E-state index is -1.35. The molecule has 1 heterocycles. The van der Waals surface area contributed by atoms with Crippen LogP contribution >= 0.6 is 0 Å². The lowest BCUT2D eigenvalue weighted by Gasteiger charge is -2.19. The van der Waals surface area contributed by atoms with Gasteiger partial charge in [0.1, 0.15) is 0 Å². The number of hydrogen-bond acceptors (Lipinski definition) is 5. The zero-order valence-corrected chi connectivity index (χ0v) is 8.61. The van der Waals surface area contributed by atoms with Gasteiger partial charge in [-0.25, -0.2) is 4.98 Å². The van der Waals surface area contributed by atoms with Crippen LogP contribution in [0.2, 0.25) is 0 Å². The fourth-order valence-electron chi connectivity index (χ4n) is 1.36. The molecule has 0 aliphatic heterocycles. The summed E-state index contributed by atoms with van der Waals surface area (Å²) in [5.74, 6) is 0.456. The van der Waals surface area contributed by atoms with Crippen LogP contribution in [0.3, 0.4) is 0 Å². The molecule has 0 saturated carbocycles. The van der Waals surface area contributed by atoms with Crippen LogP contribution in [0.15, 0.2) is 58.5 Å². The van der Waals surface area contributed by atoms with Crippen molar-refractivity contribution in [3.63, 3.8) is 0 Å². The van der Waals surface area contributed by atoms with E-state index in [1.54, 1.807) is 36.5 Å². The van der Waals surface area contributed by atoms with Crippen LogP contribution in [0, 0.1) is 0 Å². The second-order valence-electron chi connectivity index (χ2n) is 3.52. The van der Waals surface area contributed by atoms with Crippen molar-refractivity contribution in [2.45, 2.75) is 12.1 Å². The summed E-state index contributed by atoms with van der Waals surface area (Å²) >= 11 is 0. The van der Waals surface area contributed by atoms with E-state index in [1.165, 1.54) is 6.08 Å². The summed E-state index contributed by atoms with van der Waals surface area (Å²) in [6.07, 6.45) is 6.93. The molecule has 0 saturated heterocycles. The van der Waals surface area contributed by atoms with Crippen LogP contribution in [0.4, 0.5) is 5.82 Å². The Hall–Kier alpha value is -2.01. The molecule has 0 aromatic carbocycles. The standard InChI is InChI=1S/C11H12N4O/c12-9-4-3-6-11(16,8-9)15-14-10-5-1-2-7-13-10/h1-5,7-8,16H,6,12H2. The maximum absolute atomic E-state index is 10.0. The van der Waals surface area contributed by atoms with E-state index in [0.717, 1.165) is 0 Å². The van der Waals surface area contributed by atoms with Gasteiger partial charge in [0, 0.05) is 18.3 Å². The quantitative estimate of drug-likeness (QED) is 0.737. The third-order valence-corrected chi connectivity index (χ3v) is 2.10. The number of pyridine rings is 1. The zero-order valence-electron chi connectivity index (χ0n) is 8.61. The summed E-state index contributed by atoms with van der Waals surface area (Å²) in [5, 5.41) is 17.7. The molecule has 1 aromatic heterocycles. The number of allylic oxidation sites excluding steroid dienone is 1. The summed E-state index contributed by atoms with van der Waals surface area (Å²) < 4.78 is 0. The molecule has 5 nitrogen and oxygen atoms in total. The van der Waals surface area contributed by atoms with Gasteiger partial charge in [0.05, 0.1) is 0 Å². The summed E-state index contributed by atoms with van der Waals surface area (Å²) in [6, 6.07) is 5.30. The van der Waals surface area contributed by atoms with Crippen molar-refractivity contribution in [3.8, 4) is 0 Å². The first kappa shape index (κ1) is 10.5. The third-order valence-electron chi connectivity index (χ3n) is 2.10. The minimum absolute atomic E-state index is 0.365. The van der Waals surface area contributed by atoms with Gasteiger partial charge in [0.15, 0.2) is 5.82 Å². The lowest BCUT2D eigenvalue weighted by molar-refractivity contribution is 0.0945. The fourth-order valence-corrected chi connectivity index (χ4v) is 1.36. The second-order valence-corrected chi connectivity index (χ2v) is 3.52. The Labute approximate surface area is 93.0 Å². The Balaban J connectivity index is 2.16. The molecule has 0 fully saturated rings. The van der Waals surface area contributed by atoms with Crippen molar-refractivity contribution in [2.75, 3.05) is 0 Å². The van der Waals surface area contributed by atoms with Gasteiger partial charge in [-0.05, 0) is 24.3 Å². The lowest BCUT2D eigenvalue weighted by atomic mass is 10.0. The van der Waals surface area contributed by atoms with Crippen molar-refractivity contribution in [3.05, 3.63) is 48.3 Å². The maximum Gasteiger partial charge on any atom is 0.201 e. The Morgan fingerprint density at radius 2 is 2.31 bits per heavy atom. The van der Waals surface area contributed by atoms with Crippen LogP contribution in [0.1, 0.15) is 6.42 Å². The average Bonchev–Trinajstić information content (AvgIpc) is 2.28. The van der Waals surface area contributed by atoms with Gasteiger partial charge in [0.25, 0.3) is 0 Å². The zero-order chi connectivity index (χ0) is 11.4. The monoisotopic (exact) mass is 216 g/mol. The Morgan fingerprint density at radius 1 is 1.44 bits per heavy atom. The van der Waals surface area contributed by atoms with Crippen LogP contribution in [0.5, 0.6) is 0 Å². The number of aliphatic hydroxyl groups is 1. The normalized spacial score (nSPS) is 24.7. The number of rotatable bonds is 2. The summed E-state index contributed by atoms with van der Waals surface area (Å²) in [6.45, 7) is 0. The largest absolute Gasteiger partial charge is 0.399 e. The highest BCUT2D eigenvalue weighted by molar-refractivity contribution is 5.27. The van der Waals surface area contributed by atoms with Crippen molar-refractivity contribution < 1.29 is 5.11 Å². The van der Waals surface area contributed by atoms with E-state index in [9.17, 15) is 5.11 Å². The molecule has 0 bridgehead atoms. The number of nitrogens with zero attached hydrogens (tertiary/aromatic N) is 3. The van der Waals surface area contributed by atoms with Crippen molar-refractivity contribution in [1.82, 2.24) is 4.98 Å². The topological polar surface area (TPSA) is 83.9 Å². The first-order valence-corrected chi connectivity index (χ1v) is 4.89. The highest BCUT2D eigenvalue weighted by atomic mass is 16.3. The van der Waals surface area contributed by atoms with Crippen LogP contribution in [-0.2, 0) is 0 Å². The molecule has 0 spiro atoms. The van der Waals surface area contributed by atoms with E-state index in [-0.39, 0.29) is 0 Å². The van der Waals surface area contributed by atoms with E-state index < -0.39 is 5.72 Å². The molecule has 1 atom stereocenters. The molecule has 3 N–H and O–H groups in total. The Bertz CT molecular complexity index is 452. The summed E-state index contributed by atoms with van der Waals surface area (Å²) in [7, 11) is 0. The molecule has 0 amide bonds. The highest BCUT2D eigenvalue weighted by Crippen LogP contribution is 2.22. The van der Waals surface area contributed by atoms with Gasteiger partial charge in [-0.15, -0.1) is 10.2 Å². The Kier molecular flexibility index (Phi) is 2.78. The smallest absolute Gasteiger partial charge is 0.201 e. The molecule has 1 aliphatic carbocycles. The molecular weight excluding hydrogens is 204 g/mol. The fraction of sp³-hybridized carbons (Fsp3) is 0.182. The number of aromatic nitrogens is 1. The second kappa shape index (κ2) is 4.24. The minimum Gasteiger partial charge on any atom is -0.399 e. The van der Waals surface area contributed by atoms with Gasteiger partial charge in [-0.1, -0.05) is 12.1 Å². The predicted octanol–water partition coefficient (Wildman–Crippen LogP) is 1.66. The first-order chi connectivity index (χ1) is 7.68. The van der Waals surface area contributed by atoms with E-state index in [4.69, 9.17) is 5.73 Å². The SMILES string of the molecule is NC1=CC(O)(N=Nc2ccccn2)CC=C1.